The molecule has 0 spiro atoms. The van der Waals surface area contributed by atoms with Gasteiger partial charge in [-0.2, -0.15) is 0 Å². The summed E-state index contributed by atoms with van der Waals surface area (Å²) >= 11 is 11.7. The summed E-state index contributed by atoms with van der Waals surface area (Å²) in [5, 5.41) is 3.40. The number of hydrogen-bond donors (Lipinski definition) is 1. The fourth-order valence-corrected chi connectivity index (χ4v) is 2.27. The Kier molecular flexibility index (Phi) is 4.84. The first kappa shape index (κ1) is 14.3. The normalized spacial score (nSPS) is 11.4. The van der Waals surface area contributed by atoms with Crippen molar-refractivity contribution in [3.63, 3.8) is 0 Å². The number of rotatable bonds is 4. The topological polar surface area (TPSA) is 29.1 Å². The van der Waals surface area contributed by atoms with Crippen LogP contribution < -0.4 is 5.32 Å². The van der Waals surface area contributed by atoms with E-state index in [1.165, 1.54) is 0 Å². The molecular weight excluding hydrogens is 257 g/mol. The number of carbonyl (C=O) groups is 1. The van der Waals surface area contributed by atoms with E-state index in [0.717, 1.165) is 5.56 Å². The summed E-state index contributed by atoms with van der Waals surface area (Å²) in [5.41, 5.74) is 1.21. The van der Waals surface area contributed by atoms with Crippen LogP contribution in [0.4, 0.5) is 0 Å². The van der Waals surface area contributed by atoms with Gasteiger partial charge in [0.15, 0.2) is 0 Å². The van der Waals surface area contributed by atoms with Gasteiger partial charge in [0, 0.05) is 11.4 Å². The summed E-state index contributed by atoms with van der Waals surface area (Å²) in [6, 6.07) is 5.39. The second-order valence-corrected chi connectivity index (χ2v) is 5.55. The third-order valence-electron chi connectivity index (χ3n) is 2.54. The first-order chi connectivity index (χ1) is 7.85. The molecule has 0 atom stereocenters. The molecule has 2 nitrogen and oxygen atoms in total. The molecule has 0 fully saturated rings. The second kappa shape index (κ2) is 5.74. The molecule has 0 unspecified atom stereocenters. The maximum atomic E-state index is 12.0. The Labute approximate surface area is 112 Å². The molecule has 0 saturated carbocycles. The van der Waals surface area contributed by atoms with E-state index in [2.05, 4.69) is 5.32 Å². The van der Waals surface area contributed by atoms with Crippen molar-refractivity contribution in [2.75, 3.05) is 5.88 Å². The van der Waals surface area contributed by atoms with Crippen molar-refractivity contribution in [1.29, 1.82) is 0 Å². The minimum absolute atomic E-state index is 0.162. The highest BCUT2D eigenvalue weighted by Gasteiger charge is 2.21. The van der Waals surface area contributed by atoms with Crippen LogP contribution in [-0.2, 0) is 0 Å². The zero-order chi connectivity index (χ0) is 13.1. The van der Waals surface area contributed by atoms with E-state index in [-0.39, 0.29) is 11.4 Å². The molecule has 0 aromatic heterocycles. The molecule has 0 aliphatic carbocycles. The predicted octanol–water partition coefficient (Wildman–Crippen LogP) is 3.79. The van der Waals surface area contributed by atoms with Crippen LogP contribution in [0.5, 0.6) is 0 Å². The Morgan fingerprint density at radius 1 is 1.41 bits per heavy atom. The van der Waals surface area contributed by atoms with E-state index in [9.17, 15) is 4.79 Å². The van der Waals surface area contributed by atoms with E-state index in [0.29, 0.717) is 22.9 Å². The highest BCUT2D eigenvalue weighted by molar-refractivity contribution is 6.33. The average molecular weight is 274 g/mol. The number of halogens is 2. The van der Waals surface area contributed by atoms with Crippen molar-refractivity contribution in [3.05, 3.63) is 34.3 Å². The molecule has 17 heavy (non-hydrogen) atoms. The molecule has 0 heterocycles. The summed E-state index contributed by atoms with van der Waals surface area (Å²) in [6.45, 7) is 5.82. The number of amides is 1. The predicted molar refractivity (Wildman–Crippen MR) is 73.1 cm³/mol. The second-order valence-electron chi connectivity index (χ2n) is 4.76. The summed E-state index contributed by atoms with van der Waals surface area (Å²) < 4.78 is 0. The van der Waals surface area contributed by atoms with Crippen molar-refractivity contribution in [3.8, 4) is 0 Å². The minimum atomic E-state index is -0.326. The van der Waals surface area contributed by atoms with Crippen LogP contribution in [0, 0.1) is 6.92 Å². The quantitative estimate of drug-likeness (QED) is 0.832. The molecule has 1 rings (SSSR count). The lowest BCUT2D eigenvalue weighted by molar-refractivity contribution is 0.0912. The molecule has 1 aromatic rings. The van der Waals surface area contributed by atoms with E-state index in [1.54, 1.807) is 12.1 Å². The zero-order valence-corrected chi connectivity index (χ0v) is 11.8. The zero-order valence-electron chi connectivity index (χ0n) is 10.3. The van der Waals surface area contributed by atoms with Gasteiger partial charge in [-0.3, -0.25) is 4.79 Å². The van der Waals surface area contributed by atoms with E-state index in [4.69, 9.17) is 23.2 Å². The van der Waals surface area contributed by atoms with Gasteiger partial charge in [0.1, 0.15) is 0 Å². The molecule has 4 heteroatoms. The molecule has 0 radical (unpaired) electrons. The smallest absolute Gasteiger partial charge is 0.253 e. The molecule has 1 aromatic carbocycles. The van der Waals surface area contributed by atoms with Crippen LogP contribution in [0.2, 0.25) is 5.02 Å². The maximum absolute atomic E-state index is 12.0. The Morgan fingerprint density at radius 3 is 2.59 bits per heavy atom. The lowest BCUT2D eigenvalue weighted by Crippen LogP contribution is -2.43. The van der Waals surface area contributed by atoms with E-state index >= 15 is 0 Å². The molecule has 94 valence electrons. The molecule has 0 aliphatic heterocycles. The summed E-state index contributed by atoms with van der Waals surface area (Å²) in [6.07, 6.45) is 0.712. The Morgan fingerprint density at radius 2 is 2.06 bits per heavy atom. The van der Waals surface area contributed by atoms with Gasteiger partial charge < -0.3 is 5.32 Å². The first-order valence-electron chi connectivity index (χ1n) is 5.50. The van der Waals surface area contributed by atoms with Crippen molar-refractivity contribution in [1.82, 2.24) is 5.32 Å². The lowest BCUT2D eigenvalue weighted by Gasteiger charge is -2.25. The van der Waals surface area contributed by atoms with E-state index in [1.807, 2.05) is 26.8 Å². The number of benzene rings is 1. The van der Waals surface area contributed by atoms with Gasteiger partial charge in [-0.05, 0) is 44.9 Å². The first-order valence-corrected chi connectivity index (χ1v) is 6.41. The largest absolute Gasteiger partial charge is 0.347 e. The number of alkyl halides is 1. The van der Waals surface area contributed by atoms with Crippen LogP contribution in [0.1, 0.15) is 36.2 Å². The van der Waals surface area contributed by atoms with Gasteiger partial charge in [-0.25, -0.2) is 0 Å². The molecular formula is C13H17Cl2NO. The third kappa shape index (κ3) is 4.21. The van der Waals surface area contributed by atoms with Crippen LogP contribution in [0.3, 0.4) is 0 Å². The lowest BCUT2D eigenvalue weighted by atomic mass is 10.0. The van der Waals surface area contributed by atoms with Gasteiger partial charge in [-0.15, -0.1) is 11.6 Å². The van der Waals surface area contributed by atoms with E-state index < -0.39 is 0 Å². The fraction of sp³-hybridized carbons (Fsp3) is 0.462. The highest BCUT2D eigenvalue weighted by Crippen LogP contribution is 2.19. The molecule has 1 N–H and O–H groups in total. The Bertz CT molecular complexity index is 416. The van der Waals surface area contributed by atoms with Crippen molar-refractivity contribution in [2.45, 2.75) is 32.7 Å². The van der Waals surface area contributed by atoms with Gasteiger partial charge in [0.25, 0.3) is 5.91 Å². The highest BCUT2D eigenvalue weighted by atomic mass is 35.5. The monoisotopic (exact) mass is 273 g/mol. The fourth-order valence-electron chi connectivity index (χ4n) is 1.48. The molecule has 1 amide bonds. The molecule has 0 aliphatic rings. The number of hydrogen-bond acceptors (Lipinski definition) is 1. The number of nitrogens with one attached hydrogen (secondary N) is 1. The molecule has 0 saturated heterocycles. The van der Waals surface area contributed by atoms with Crippen molar-refractivity contribution < 1.29 is 4.79 Å². The van der Waals surface area contributed by atoms with Crippen LogP contribution >= 0.6 is 23.2 Å². The summed E-state index contributed by atoms with van der Waals surface area (Å²) in [4.78, 5) is 12.0. The Balaban J connectivity index is 2.83. The number of aryl methyl sites for hydroxylation is 1. The molecule has 0 bridgehead atoms. The third-order valence-corrected chi connectivity index (χ3v) is 3.04. The van der Waals surface area contributed by atoms with Crippen LogP contribution in [0.25, 0.3) is 0 Å². The Hall–Kier alpha value is -0.730. The number of carbonyl (C=O) groups excluding carboxylic acids is 1. The van der Waals surface area contributed by atoms with Gasteiger partial charge in [-0.1, -0.05) is 17.7 Å². The van der Waals surface area contributed by atoms with Gasteiger partial charge in [0.05, 0.1) is 10.6 Å². The summed E-state index contributed by atoms with van der Waals surface area (Å²) in [5.74, 6) is 0.347. The van der Waals surface area contributed by atoms with Crippen molar-refractivity contribution >= 4 is 29.1 Å². The minimum Gasteiger partial charge on any atom is -0.347 e. The average Bonchev–Trinajstić information content (AvgIpc) is 2.15. The van der Waals surface area contributed by atoms with Crippen LogP contribution in [0.15, 0.2) is 18.2 Å². The van der Waals surface area contributed by atoms with Crippen molar-refractivity contribution in [2.24, 2.45) is 0 Å². The van der Waals surface area contributed by atoms with Gasteiger partial charge in [0.2, 0.25) is 0 Å². The SMILES string of the molecule is Cc1ccc(C(=O)NC(C)(C)CCCl)c(Cl)c1. The van der Waals surface area contributed by atoms with Crippen LogP contribution in [-0.4, -0.2) is 17.3 Å². The standard InChI is InChI=1S/C13H17Cl2NO/c1-9-4-5-10(11(15)8-9)12(17)16-13(2,3)6-7-14/h4-5,8H,6-7H2,1-3H3,(H,16,17). The van der Waals surface area contributed by atoms with Gasteiger partial charge >= 0.3 is 0 Å². The summed E-state index contributed by atoms with van der Waals surface area (Å²) in [7, 11) is 0. The maximum Gasteiger partial charge on any atom is 0.253 e.